The van der Waals surface area contributed by atoms with E-state index in [1.165, 1.54) is 19.1 Å². The maximum Gasteiger partial charge on any atom is 0.516 e. The van der Waals surface area contributed by atoms with E-state index >= 15 is 0 Å². The fourth-order valence-corrected chi connectivity index (χ4v) is 1.70. The van der Waals surface area contributed by atoms with Crippen LogP contribution < -0.4 is 10.1 Å². The largest absolute Gasteiger partial charge is 0.516 e. The second-order valence-corrected chi connectivity index (χ2v) is 5.25. The Morgan fingerprint density at radius 1 is 1.16 bits per heavy atom. The molecule has 0 aliphatic rings. The Labute approximate surface area is 143 Å². The molecule has 1 aromatic carbocycles. The van der Waals surface area contributed by atoms with E-state index in [-0.39, 0.29) is 17.4 Å². The minimum atomic E-state index is -1.15. The molecule has 10 nitrogen and oxygen atoms in total. The Hall–Kier alpha value is -3.17. The standard InChI is InChI=1S/C15H18N2O8/c1-9(2)13(16-10(3)18)14(19)23-8-24-15(20)25-12-6-4-11(5-7-12)17(21)22/h4-7,9,13H,8H2,1-3H3,(H,16,18)/t13-/m0/s1. The first-order chi connectivity index (χ1) is 11.7. The van der Waals surface area contributed by atoms with Crippen LogP contribution in [0.1, 0.15) is 20.8 Å². The van der Waals surface area contributed by atoms with Crippen LogP contribution in [0.15, 0.2) is 24.3 Å². The number of nitrogens with one attached hydrogen (secondary N) is 1. The van der Waals surface area contributed by atoms with Crippen LogP contribution in [0.4, 0.5) is 10.5 Å². The van der Waals surface area contributed by atoms with Crippen LogP contribution >= 0.6 is 0 Å². The topological polar surface area (TPSA) is 134 Å². The molecule has 0 saturated heterocycles. The number of rotatable bonds is 7. The normalized spacial score (nSPS) is 11.4. The van der Waals surface area contributed by atoms with E-state index < -0.39 is 35.8 Å². The van der Waals surface area contributed by atoms with Gasteiger partial charge in [0.15, 0.2) is 0 Å². The lowest BCUT2D eigenvalue weighted by Crippen LogP contribution is -2.44. The summed E-state index contributed by atoms with van der Waals surface area (Å²) >= 11 is 0. The number of esters is 1. The first kappa shape index (κ1) is 19.9. The Bertz CT molecular complexity index is 641. The van der Waals surface area contributed by atoms with Gasteiger partial charge in [-0.25, -0.2) is 9.59 Å². The summed E-state index contributed by atoms with van der Waals surface area (Å²) < 4.78 is 14.1. The van der Waals surface area contributed by atoms with E-state index in [0.717, 1.165) is 12.1 Å². The minimum absolute atomic E-state index is 0.0280. The molecule has 25 heavy (non-hydrogen) atoms. The van der Waals surface area contributed by atoms with Gasteiger partial charge in [-0.3, -0.25) is 14.9 Å². The lowest BCUT2D eigenvalue weighted by atomic mass is 10.1. The monoisotopic (exact) mass is 354 g/mol. The fraction of sp³-hybridized carbons (Fsp3) is 0.400. The van der Waals surface area contributed by atoms with Gasteiger partial charge in [0.25, 0.3) is 5.69 Å². The summed E-state index contributed by atoms with van der Waals surface area (Å²) in [6.45, 7) is 3.99. The van der Waals surface area contributed by atoms with Crippen LogP contribution in [0, 0.1) is 16.0 Å². The summed E-state index contributed by atoms with van der Waals surface area (Å²) in [6.07, 6.45) is -1.15. The van der Waals surface area contributed by atoms with E-state index in [9.17, 15) is 24.5 Å². The average molecular weight is 354 g/mol. The molecule has 0 radical (unpaired) electrons. The average Bonchev–Trinajstić information content (AvgIpc) is 2.52. The van der Waals surface area contributed by atoms with Gasteiger partial charge in [-0.1, -0.05) is 13.8 Å². The Morgan fingerprint density at radius 2 is 1.76 bits per heavy atom. The number of amides is 1. The Kier molecular flexibility index (Phi) is 7.32. The van der Waals surface area contributed by atoms with Crippen molar-refractivity contribution in [2.45, 2.75) is 26.8 Å². The molecule has 1 rings (SSSR count). The molecule has 0 fully saturated rings. The van der Waals surface area contributed by atoms with Crippen molar-refractivity contribution in [3.63, 3.8) is 0 Å². The highest BCUT2D eigenvalue weighted by Gasteiger charge is 2.25. The van der Waals surface area contributed by atoms with E-state index in [0.29, 0.717) is 0 Å². The Balaban J connectivity index is 2.44. The zero-order chi connectivity index (χ0) is 19.0. The molecule has 1 aromatic rings. The number of nitro groups is 1. The minimum Gasteiger partial charge on any atom is -0.426 e. The zero-order valence-corrected chi connectivity index (χ0v) is 13.9. The number of non-ortho nitro benzene ring substituents is 1. The highest BCUT2D eigenvalue weighted by atomic mass is 16.8. The number of ether oxygens (including phenoxy) is 3. The molecule has 1 N–H and O–H groups in total. The van der Waals surface area contributed by atoms with Gasteiger partial charge in [0.05, 0.1) is 4.92 Å². The van der Waals surface area contributed by atoms with Crippen molar-refractivity contribution in [3.8, 4) is 5.75 Å². The molecule has 136 valence electrons. The van der Waals surface area contributed by atoms with Crippen molar-refractivity contribution in [2.24, 2.45) is 5.92 Å². The van der Waals surface area contributed by atoms with Crippen molar-refractivity contribution in [2.75, 3.05) is 6.79 Å². The highest BCUT2D eigenvalue weighted by molar-refractivity contribution is 5.83. The molecule has 10 heteroatoms. The molecule has 1 amide bonds. The van der Waals surface area contributed by atoms with Gasteiger partial charge >= 0.3 is 12.1 Å². The molecule has 0 unspecified atom stereocenters. The van der Waals surface area contributed by atoms with Gasteiger partial charge in [0.1, 0.15) is 11.8 Å². The molecule has 0 bridgehead atoms. The highest BCUT2D eigenvalue weighted by Crippen LogP contribution is 2.17. The van der Waals surface area contributed by atoms with E-state index in [4.69, 9.17) is 9.47 Å². The zero-order valence-electron chi connectivity index (χ0n) is 13.9. The second-order valence-electron chi connectivity index (χ2n) is 5.25. The molecule has 0 aliphatic carbocycles. The first-order valence-electron chi connectivity index (χ1n) is 7.23. The number of nitro benzene ring substituents is 1. The summed E-state index contributed by atoms with van der Waals surface area (Å²) in [5.74, 6) is -1.34. The maximum atomic E-state index is 11.8. The van der Waals surface area contributed by atoms with Crippen molar-refractivity contribution < 1.29 is 33.5 Å². The van der Waals surface area contributed by atoms with Gasteiger partial charge in [-0.2, -0.15) is 0 Å². The third kappa shape index (κ3) is 6.85. The summed E-state index contributed by atoms with van der Waals surface area (Å²) in [5, 5.41) is 12.9. The molecule has 0 aromatic heterocycles. The van der Waals surface area contributed by atoms with Gasteiger partial charge in [-0.15, -0.1) is 0 Å². The first-order valence-corrected chi connectivity index (χ1v) is 7.23. The van der Waals surface area contributed by atoms with Crippen LogP contribution in [0.2, 0.25) is 0 Å². The van der Waals surface area contributed by atoms with Crippen LogP contribution in [0.5, 0.6) is 5.75 Å². The van der Waals surface area contributed by atoms with Crippen molar-refractivity contribution in [3.05, 3.63) is 34.4 Å². The number of hydrogen-bond acceptors (Lipinski definition) is 8. The number of hydrogen-bond donors (Lipinski definition) is 1. The summed E-state index contributed by atoms with van der Waals surface area (Å²) in [4.78, 5) is 44.2. The van der Waals surface area contributed by atoms with Gasteiger partial charge in [0, 0.05) is 19.1 Å². The smallest absolute Gasteiger partial charge is 0.426 e. The van der Waals surface area contributed by atoms with Crippen LogP contribution in [0.25, 0.3) is 0 Å². The van der Waals surface area contributed by atoms with Gasteiger partial charge < -0.3 is 19.5 Å². The molecule has 0 spiro atoms. The molecule has 0 heterocycles. The fourth-order valence-electron chi connectivity index (χ4n) is 1.70. The van der Waals surface area contributed by atoms with Gasteiger partial charge in [0.2, 0.25) is 12.7 Å². The second kappa shape index (κ2) is 9.21. The maximum absolute atomic E-state index is 11.8. The third-order valence-electron chi connectivity index (χ3n) is 2.91. The van der Waals surface area contributed by atoms with Crippen LogP contribution in [0.3, 0.4) is 0 Å². The summed E-state index contributed by atoms with van der Waals surface area (Å²) in [7, 11) is 0. The molecule has 0 saturated carbocycles. The van der Waals surface area contributed by atoms with Crippen molar-refractivity contribution in [1.29, 1.82) is 0 Å². The SMILES string of the molecule is CC(=O)N[C@H](C(=O)OCOC(=O)Oc1ccc([N+](=O)[O-])cc1)C(C)C. The van der Waals surface area contributed by atoms with E-state index in [2.05, 4.69) is 10.1 Å². The number of benzene rings is 1. The molecular weight excluding hydrogens is 336 g/mol. The lowest BCUT2D eigenvalue weighted by Gasteiger charge is -2.19. The Morgan fingerprint density at radius 3 is 2.24 bits per heavy atom. The molecule has 1 atom stereocenters. The summed E-state index contributed by atoms with van der Waals surface area (Å²) in [6, 6.07) is 3.88. The quantitative estimate of drug-likeness (QED) is 0.257. The van der Waals surface area contributed by atoms with Crippen LogP contribution in [-0.4, -0.2) is 35.8 Å². The number of carbonyl (C=O) groups is 3. The number of carbonyl (C=O) groups excluding carboxylic acids is 3. The van der Waals surface area contributed by atoms with Crippen LogP contribution in [-0.2, 0) is 19.1 Å². The summed E-state index contributed by atoms with van der Waals surface area (Å²) in [5.41, 5.74) is -0.160. The number of nitrogens with zero attached hydrogens (tertiary/aromatic N) is 1. The molecular formula is C15H18N2O8. The van der Waals surface area contributed by atoms with E-state index in [1.54, 1.807) is 13.8 Å². The van der Waals surface area contributed by atoms with E-state index in [1.807, 2.05) is 0 Å². The molecule has 0 aliphatic heterocycles. The predicted octanol–water partition coefficient (Wildman–Crippen LogP) is 1.77. The third-order valence-corrected chi connectivity index (χ3v) is 2.91. The van der Waals surface area contributed by atoms with Gasteiger partial charge in [-0.05, 0) is 18.1 Å². The predicted molar refractivity (Wildman–Crippen MR) is 83.6 cm³/mol. The lowest BCUT2D eigenvalue weighted by molar-refractivity contribution is -0.384. The van der Waals surface area contributed by atoms with Crippen molar-refractivity contribution >= 4 is 23.7 Å². The van der Waals surface area contributed by atoms with Crippen molar-refractivity contribution in [1.82, 2.24) is 5.32 Å².